The van der Waals surface area contributed by atoms with Gasteiger partial charge in [0.2, 0.25) is 0 Å². The molecule has 0 aromatic heterocycles. The Bertz CT molecular complexity index is 600. The highest BCUT2D eigenvalue weighted by molar-refractivity contribution is 5.29. The van der Waals surface area contributed by atoms with Gasteiger partial charge in [0.1, 0.15) is 5.75 Å². The molecule has 4 heteroatoms. The van der Waals surface area contributed by atoms with Crippen molar-refractivity contribution in [1.82, 2.24) is 0 Å². The number of alkyl halides is 3. The third kappa shape index (κ3) is 5.40. The normalized spacial score (nSPS) is 30.7. The van der Waals surface area contributed by atoms with E-state index in [0.29, 0.717) is 5.92 Å². The van der Waals surface area contributed by atoms with Gasteiger partial charge in [0.25, 0.3) is 0 Å². The molecule has 2 aliphatic carbocycles. The van der Waals surface area contributed by atoms with Gasteiger partial charge in [0.15, 0.2) is 0 Å². The first kappa shape index (κ1) is 18.2. The molecule has 0 radical (unpaired) electrons. The molecule has 2 aliphatic rings. The first-order valence-electron chi connectivity index (χ1n) is 10.7. The van der Waals surface area contributed by atoms with Crippen LogP contribution in [0.15, 0.2) is 24.2 Å². The summed E-state index contributed by atoms with van der Waals surface area (Å²) < 4.78 is 49.0. The van der Waals surface area contributed by atoms with Crippen LogP contribution in [0.1, 0.15) is 84.0 Å². The lowest BCUT2D eigenvalue weighted by Crippen LogP contribution is -2.25. The Morgan fingerprint density at radius 1 is 0.962 bits per heavy atom. The van der Waals surface area contributed by atoms with Crippen LogP contribution in [-0.2, 0) is 0 Å². The van der Waals surface area contributed by atoms with Crippen molar-refractivity contribution >= 4 is 0 Å². The SMILES string of the molecule is [2H]c1cc(OC(F)(F)F)ccc1C1CCC(C2CCC(CCC)CC2)CC1. The molecule has 0 bridgehead atoms. The van der Waals surface area contributed by atoms with Crippen molar-refractivity contribution in [3.8, 4) is 5.75 Å². The van der Waals surface area contributed by atoms with Gasteiger partial charge in [0, 0.05) is 0 Å². The van der Waals surface area contributed by atoms with E-state index in [1.807, 2.05) is 0 Å². The number of hydrogen-bond acceptors (Lipinski definition) is 1. The van der Waals surface area contributed by atoms with E-state index in [2.05, 4.69) is 11.7 Å². The Hall–Kier alpha value is -1.19. The minimum Gasteiger partial charge on any atom is -0.406 e. The summed E-state index contributed by atoms with van der Waals surface area (Å²) in [4.78, 5) is 0. The van der Waals surface area contributed by atoms with Gasteiger partial charge in [0.05, 0.1) is 1.37 Å². The fraction of sp³-hybridized carbons (Fsp3) is 0.727. The molecule has 3 rings (SSSR count). The van der Waals surface area contributed by atoms with E-state index in [-0.39, 0.29) is 11.8 Å². The molecule has 0 saturated heterocycles. The van der Waals surface area contributed by atoms with Crippen LogP contribution in [0, 0.1) is 17.8 Å². The second-order valence-corrected chi connectivity index (χ2v) is 8.21. The average molecular weight is 369 g/mol. The van der Waals surface area contributed by atoms with Crippen LogP contribution in [0.2, 0.25) is 0 Å². The Balaban J connectivity index is 1.52. The summed E-state index contributed by atoms with van der Waals surface area (Å²) >= 11 is 0. The topological polar surface area (TPSA) is 9.23 Å². The van der Waals surface area contributed by atoms with E-state index in [9.17, 15) is 13.2 Å². The van der Waals surface area contributed by atoms with Gasteiger partial charge >= 0.3 is 6.36 Å². The molecule has 26 heavy (non-hydrogen) atoms. The molecule has 0 N–H and O–H groups in total. The fourth-order valence-electron chi connectivity index (χ4n) is 5.13. The van der Waals surface area contributed by atoms with Crippen LogP contribution in [0.25, 0.3) is 0 Å². The molecular weight excluding hydrogens is 337 g/mol. The first-order valence-corrected chi connectivity index (χ1v) is 10.2. The minimum absolute atomic E-state index is 0.167. The van der Waals surface area contributed by atoms with Gasteiger partial charge in [-0.25, -0.2) is 0 Å². The van der Waals surface area contributed by atoms with E-state index in [1.165, 1.54) is 63.5 Å². The average Bonchev–Trinajstić information content (AvgIpc) is 2.62. The number of hydrogen-bond donors (Lipinski definition) is 0. The van der Waals surface area contributed by atoms with Crippen LogP contribution >= 0.6 is 0 Å². The maximum absolute atomic E-state index is 12.3. The maximum Gasteiger partial charge on any atom is 0.573 e. The van der Waals surface area contributed by atoms with Gasteiger partial charge < -0.3 is 4.74 Å². The fourth-order valence-corrected chi connectivity index (χ4v) is 5.13. The van der Waals surface area contributed by atoms with E-state index in [0.717, 1.165) is 36.2 Å². The Morgan fingerprint density at radius 2 is 1.58 bits per heavy atom. The summed E-state index contributed by atoms with van der Waals surface area (Å²) in [6.45, 7) is 2.27. The zero-order valence-electron chi connectivity index (χ0n) is 16.7. The minimum atomic E-state index is -4.71. The first-order chi connectivity index (χ1) is 12.9. The molecular formula is C22H31F3O. The molecule has 1 aromatic carbocycles. The van der Waals surface area contributed by atoms with Crippen molar-refractivity contribution < 1.29 is 19.3 Å². The standard InChI is InChI=1S/C22H31F3O/c1-2-3-16-4-6-17(7-5-16)18-8-10-19(11-9-18)20-12-14-21(15-13-20)26-22(23,24)25/h12-19H,2-11H2,1H3/i12D. The highest BCUT2D eigenvalue weighted by atomic mass is 19.4. The number of ether oxygens (including phenoxy) is 1. The Kier molecular flexibility index (Phi) is 6.06. The summed E-state index contributed by atoms with van der Waals surface area (Å²) in [5.41, 5.74) is 0.870. The number of benzene rings is 1. The van der Waals surface area contributed by atoms with Crippen LogP contribution in [0.5, 0.6) is 5.75 Å². The van der Waals surface area contributed by atoms with Crippen molar-refractivity contribution in [2.24, 2.45) is 17.8 Å². The Morgan fingerprint density at radius 3 is 2.12 bits per heavy atom. The summed E-state index contributed by atoms with van der Waals surface area (Å²) in [5.74, 6) is 2.59. The quantitative estimate of drug-likeness (QED) is 0.523. The van der Waals surface area contributed by atoms with Crippen LogP contribution in [0.3, 0.4) is 0 Å². The third-order valence-electron chi connectivity index (χ3n) is 6.51. The van der Waals surface area contributed by atoms with E-state index in [1.54, 1.807) is 6.07 Å². The summed E-state index contributed by atoms with van der Waals surface area (Å²) in [6.07, 6.45) is 7.94. The molecule has 0 atom stereocenters. The highest BCUT2D eigenvalue weighted by Crippen LogP contribution is 2.44. The zero-order chi connectivity index (χ0) is 19.4. The molecule has 0 aliphatic heterocycles. The Labute approximate surface area is 156 Å². The van der Waals surface area contributed by atoms with E-state index < -0.39 is 6.36 Å². The molecule has 0 heterocycles. The summed E-state index contributed by atoms with van der Waals surface area (Å²) in [7, 11) is 0. The van der Waals surface area contributed by atoms with Gasteiger partial charge in [-0.3, -0.25) is 0 Å². The predicted molar refractivity (Wildman–Crippen MR) is 98.2 cm³/mol. The van der Waals surface area contributed by atoms with Gasteiger partial charge in [-0.05, 0) is 79.9 Å². The van der Waals surface area contributed by atoms with Crippen LogP contribution < -0.4 is 4.74 Å². The molecule has 2 saturated carbocycles. The molecule has 0 unspecified atom stereocenters. The van der Waals surface area contributed by atoms with Crippen LogP contribution in [-0.4, -0.2) is 6.36 Å². The van der Waals surface area contributed by atoms with Crippen LogP contribution in [0.4, 0.5) is 13.2 Å². The van der Waals surface area contributed by atoms with Crippen molar-refractivity contribution in [2.75, 3.05) is 0 Å². The van der Waals surface area contributed by atoms with Crippen molar-refractivity contribution in [3.05, 3.63) is 29.8 Å². The third-order valence-corrected chi connectivity index (χ3v) is 6.51. The largest absolute Gasteiger partial charge is 0.573 e. The maximum atomic E-state index is 12.3. The second-order valence-electron chi connectivity index (χ2n) is 8.21. The smallest absolute Gasteiger partial charge is 0.406 e. The molecule has 1 aromatic rings. The number of rotatable bonds is 5. The highest BCUT2D eigenvalue weighted by Gasteiger charge is 2.32. The molecule has 2 fully saturated rings. The summed E-state index contributed by atoms with van der Waals surface area (Å²) in [6, 6.07) is 4.37. The molecule has 0 amide bonds. The van der Waals surface area contributed by atoms with E-state index >= 15 is 0 Å². The van der Waals surface area contributed by atoms with E-state index in [4.69, 9.17) is 1.37 Å². The predicted octanol–water partition coefficient (Wildman–Crippen LogP) is 7.47. The zero-order valence-corrected chi connectivity index (χ0v) is 15.7. The molecule has 0 spiro atoms. The lowest BCUT2D eigenvalue weighted by atomic mass is 9.68. The number of halogens is 3. The summed E-state index contributed by atoms with van der Waals surface area (Å²) in [5, 5.41) is 0. The van der Waals surface area contributed by atoms with Crippen molar-refractivity contribution in [2.45, 2.75) is 83.4 Å². The monoisotopic (exact) mass is 369 g/mol. The second kappa shape index (κ2) is 8.67. The molecule has 146 valence electrons. The van der Waals surface area contributed by atoms with Gasteiger partial charge in [-0.1, -0.05) is 44.7 Å². The van der Waals surface area contributed by atoms with Gasteiger partial charge in [-0.15, -0.1) is 13.2 Å². The lowest BCUT2D eigenvalue weighted by Gasteiger charge is -2.38. The van der Waals surface area contributed by atoms with Gasteiger partial charge in [-0.2, -0.15) is 0 Å². The van der Waals surface area contributed by atoms with Crippen molar-refractivity contribution in [3.63, 3.8) is 0 Å². The lowest BCUT2D eigenvalue weighted by molar-refractivity contribution is -0.274. The molecule has 1 nitrogen and oxygen atoms in total. The van der Waals surface area contributed by atoms with Crippen molar-refractivity contribution in [1.29, 1.82) is 0 Å².